The average molecular weight is 575 g/mol. The largest absolute Gasteiger partial charge is 0.342 e. The van der Waals surface area contributed by atoms with Gasteiger partial charge in [0.2, 0.25) is 0 Å². The predicted molar refractivity (Wildman–Crippen MR) is 177 cm³/mol. The molecule has 2 aromatic heterocycles. The van der Waals surface area contributed by atoms with Gasteiger partial charge in [-0.3, -0.25) is 0 Å². The number of nitrogens with zero attached hydrogens (tertiary/aromatic N) is 2. The van der Waals surface area contributed by atoms with Gasteiger partial charge >= 0.3 is 0 Å². The number of imidazole rings is 2. The van der Waals surface area contributed by atoms with Gasteiger partial charge in [0, 0.05) is 12.4 Å². The number of aromatic nitrogens is 4. The van der Waals surface area contributed by atoms with Crippen LogP contribution in [-0.4, -0.2) is 19.9 Å². The van der Waals surface area contributed by atoms with E-state index in [0.717, 1.165) is 61.6 Å². The summed E-state index contributed by atoms with van der Waals surface area (Å²) in [4.78, 5) is 17.0. The Morgan fingerprint density at radius 2 is 0.909 bits per heavy atom. The Hall–Kier alpha value is -4.70. The van der Waals surface area contributed by atoms with Gasteiger partial charge in [-0.25, -0.2) is 9.97 Å². The van der Waals surface area contributed by atoms with Crippen LogP contribution >= 0.6 is 0 Å². The first-order chi connectivity index (χ1) is 21.8. The molecule has 0 bridgehead atoms. The van der Waals surface area contributed by atoms with Gasteiger partial charge in [-0.1, -0.05) is 109 Å². The summed E-state index contributed by atoms with van der Waals surface area (Å²) in [5, 5.41) is 0. The molecule has 2 aliphatic carbocycles. The van der Waals surface area contributed by atoms with Crippen molar-refractivity contribution < 1.29 is 0 Å². The molecular formula is C40H38N4. The van der Waals surface area contributed by atoms with E-state index < -0.39 is 0 Å². The SMILES string of the molecule is c1ccc(C2Cc3ccccc3C(Cc3c[nH]c(-c4nc(CC5CC(c6ccccc6)Cc6ccccc65)c[nH]4)n3)C2)cc1. The molecule has 8 rings (SSSR count). The quantitative estimate of drug-likeness (QED) is 0.200. The number of nitrogens with one attached hydrogen (secondary N) is 2. The third kappa shape index (κ3) is 5.41. The number of H-pyrrole nitrogens is 2. The molecule has 0 fully saturated rings. The Labute approximate surface area is 259 Å². The van der Waals surface area contributed by atoms with Crippen LogP contribution in [0.15, 0.2) is 122 Å². The molecular weight excluding hydrogens is 536 g/mol. The van der Waals surface area contributed by atoms with Crippen molar-refractivity contribution in [3.05, 3.63) is 166 Å². The van der Waals surface area contributed by atoms with E-state index in [4.69, 9.17) is 9.97 Å². The maximum absolute atomic E-state index is 5.04. The Kier molecular flexibility index (Phi) is 7.19. The molecule has 6 aromatic rings. The van der Waals surface area contributed by atoms with E-state index in [-0.39, 0.29) is 0 Å². The van der Waals surface area contributed by atoms with E-state index in [1.807, 2.05) is 0 Å². The van der Waals surface area contributed by atoms with Crippen LogP contribution in [0.3, 0.4) is 0 Å². The van der Waals surface area contributed by atoms with Gasteiger partial charge < -0.3 is 9.97 Å². The van der Waals surface area contributed by atoms with Crippen LogP contribution in [0.4, 0.5) is 0 Å². The molecule has 2 aliphatic rings. The minimum Gasteiger partial charge on any atom is -0.342 e. The second kappa shape index (κ2) is 11.8. The lowest BCUT2D eigenvalue weighted by atomic mass is 9.73. The van der Waals surface area contributed by atoms with Gasteiger partial charge in [-0.2, -0.15) is 0 Å². The van der Waals surface area contributed by atoms with Gasteiger partial charge in [-0.15, -0.1) is 0 Å². The minimum atomic E-state index is 0.442. The standard InChI is InChI=1S/C40H38N4/c1-3-11-27(12-4-1)31-19-29-15-7-9-17-37(29)33(21-31)23-35-25-41-39(43-35)40-42-26-36(44-40)24-34-22-32(28-13-5-2-6-14-28)20-30-16-8-10-18-38(30)34/h1-18,25-26,31-34H,19-24H2,(H,41,43)(H,42,44). The Morgan fingerprint density at radius 1 is 0.500 bits per heavy atom. The molecule has 218 valence electrons. The number of fused-ring (bicyclic) bond motifs is 2. The zero-order chi connectivity index (χ0) is 29.3. The zero-order valence-corrected chi connectivity index (χ0v) is 25.0. The second-order valence-electron chi connectivity index (χ2n) is 12.8. The number of hydrogen-bond donors (Lipinski definition) is 2. The summed E-state index contributed by atoms with van der Waals surface area (Å²) in [6.45, 7) is 0. The van der Waals surface area contributed by atoms with E-state index in [2.05, 4.69) is 132 Å². The maximum Gasteiger partial charge on any atom is 0.173 e. The maximum atomic E-state index is 5.04. The molecule has 4 atom stereocenters. The van der Waals surface area contributed by atoms with E-state index in [9.17, 15) is 0 Å². The van der Waals surface area contributed by atoms with Crippen molar-refractivity contribution in [1.29, 1.82) is 0 Å². The lowest BCUT2D eigenvalue weighted by Gasteiger charge is -2.32. The highest BCUT2D eigenvalue weighted by Crippen LogP contribution is 2.43. The molecule has 0 saturated heterocycles. The Bertz CT molecular complexity index is 1710. The predicted octanol–water partition coefficient (Wildman–Crippen LogP) is 8.91. The van der Waals surface area contributed by atoms with Gasteiger partial charge in [0.25, 0.3) is 0 Å². The van der Waals surface area contributed by atoms with E-state index in [1.54, 1.807) is 0 Å². The van der Waals surface area contributed by atoms with Gasteiger partial charge in [0.05, 0.1) is 11.4 Å². The number of rotatable bonds is 7. The van der Waals surface area contributed by atoms with Crippen LogP contribution in [0.25, 0.3) is 11.6 Å². The first kappa shape index (κ1) is 26.9. The molecule has 0 radical (unpaired) electrons. The molecule has 0 amide bonds. The van der Waals surface area contributed by atoms with Crippen molar-refractivity contribution in [2.45, 2.75) is 62.2 Å². The Balaban J connectivity index is 0.996. The summed E-state index contributed by atoms with van der Waals surface area (Å²) < 4.78 is 0. The molecule has 4 unspecified atom stereocenters. The number of benzene rings is 4. The number of hydrogen-bond acceptors (Lipinski definition) is 2. The highest BCUT2D eigenvalue weighted by atomic mass is 15.0. The highest BCUT2D eigenvalue weighted by molar-refractivity contribution is 5.45. The second-order valence-corrected chi connectivity index (χ2v) is 12.8. The average Bonchev–Trinajstić information content (AvgIpc) is 3.75. The lowest BCUT2D eigenvalue weighted by molar-refractivity contribution is 0.487. The summed E-state index contributed by atoms with van der Waals surface area (Å²) >= 11 is 0. The first-order valence-electron chi connectivity index (χ1n) is 16.1. The fraction of sp³-hybridized carbons (Fsp3) is 0.250. The van der Waals surface area contributed by atoms with Crippen LogP contribution in [0.1, 0.15) is 81.3 Å². The summed E-state index contributed by atoms with van der Waals surface area (Å²) in [6, 6.07) is 40.0. The molecule has 0 aliphatic heterocycles. The molecule has 0 saturated carbocycles. The molecule has 4 aromatic carbocycles. The summed E-state index contributed by atoms with van der Waals surface area (Å²) in [5.74, 6) is 3.60. The molecule has 2 N–H and O–H groups in total. The van der Waals surface area contributed by atoms with Gasteiger partial charge in [0.1, 0.15) is 0 Å². The summed E-state index contributed by atoms with van der Waals surface area (Å²) in [6.07, 6.45) is 10.5. The molecule has 4 heteroatoms. The smallest absolute Gasteiger partial charge is 0.173 e. The van der Waals surface area contributed by atoms with Crippen LogP contribution < -0.4 is 0 Å². The third-order valence-corrected chi connectivity index (χ3v) is 10.00. The zero-order valence-electron chi connectivity index (χ0n) is 25.0. The minimum absolute atomic E-state index is 0.442. The summed E-state index contributed by atoms with van der Waals surface area (Å²) in [5.41, 5.74) is 11.0. The number of aromatic amines is 2. The fourth-order valence-corrected chi connectivity index (χ4v) is 7.90. The van der Waals surface area contributed by atoms with Crippen LogP contribution in [0.2, 0.25) is 0 Å². The van der Waals surface area contributed by atoms with Gasteiger partial charge in [0.15, 0.2) is 11.6 Å². The van der Waals surface area contributed by atoms with Gasteiger partial charge in [-0.05, 0) is 95.6 Å². The molecule has 0 spiro atoms. The highest BCUT2D eigenvalue weighted by Gasteiger charge is 2.30. The van der Waals surface area contributed by atoms with E-state index in [0.29, 0.717) is 23.7 Å². The van der Waals surface area contributed by atoms with E-state index in [1.165, 1.54) is 33.4 Å². The van der Waals surface area contributed by atoms with Crippen molar-refractivity contribution in [3.63, 3.8) is 0 Å². The van der Waals surface area contributed by atoms with Crippen molar-refractivity contribution in [3.8, 4) is 11.6 Å². The van der Waals surface area contributed by atoms with Crippen molar-refractivity contribution in [1.82, 2.24) is 19.9 Å². The van der Waals surface area contributed by atoms with Crippen molar-refractivity contribution >= 4 is 0 Å². The summed E-state index contributed by atoms with van der Waals surface area (Å²) in [7, 11) is 0. The van der Waals surface area contributed by atoms with E-state index >= 15 is 0 Å². The normalized spacial score (nSPS) is 21.0. The van der Waals surface area contributed by atoms with Crippen molar-refractivity contribution in [2.24, 2.45) is 0 Å². The first-order valence-corrected chi connectivity index (χ1v) is 16.1. The Morgan fingerprint density at radius 3 is 1.36 bits per heavy atom. The topological polar surface area (TPSA) is 57.4 Å². The van der Waals surface area contributed by atoms with Crippen LogP contribution in [0.5, 0.6) is 0 Å². The molecule has 44 heavy (non-hydrogen) atoms. The van der Waals surface area contributed by atoms with Crippen molar-refractivity contribution in [2.75, 3.05) is 0 Å². The molecule has 2 heterocycles. The third-order valence-electron chi connectivity index (χ3n) is 10.00. The fourth-order valence-electron chi connectivity index (χ4n) is 7.90. The van der Waals surface area contributed by atoms with Crippen LogP contribution in [0, 0.1) is 0 Å². The lowest BCUT2D eigenvalue weighted by Crippen LogP contribution is -2.19. The monoisotopic (exact) mass is 574 g/mol. The van der Waals surface area contributed by atoms with Crippen LogP contribution in [-0.2, 0) is 25.7 Å². The molecule has 4 nitrogen and oxygen atoms in total.